The van der Waals surface area contributed by atoms with Crippen molar-refractivity contribution in [1.29, 1.82) is 0 Å². The molecule has 0 aliphatic carbocycles. The van der Waals surface area contributed by atoms with E-state index in [1.165, 1.54) is 5.56 Å². The molecule has 0 bridgehead atoms. The average molecular weight is 456 g/mol. The highest BCUT2D eigenvalue weighted by atomic mass is 16.3. The highest BCUT2D eigenvalue weighted by molar-refractivity contribution is 5.94. The summed E-state index contributed by atoms with van der Waals surface area (Å²) in [6.45, 7) is 4.96. The third kappa shape index (κ3) is 4.71. The van der Waals surface area contributed by atoms with E-state index in [1.807, 2.05) is 37.3 Å². The van der Waals surface area contributed by atoms with Gasteiger partial charge in [0, 0.05) is 24.1 Å². The van der Waals surface area contributed by atoms with Gasteiger partial charge in [-0.2, -0.15) is 0 Å². The minimum atomic E-state index is -0.178. The van der Waals surface area contributed by atoms with Crippen LogP contribution in [-0.2, 0) is 0 Å². The second-order valence-corrected chi connectivity index (χ2v) is 8.88. The SMILES string of the molecule is Cc1cccc(-c2cc3cc[nH]c(=O)c3c(Nc3ccc(C4CCN(CCO)CC4)cc3)n2)n1. The fourth-order valence-corrected chi connectivity index (χ4v) is 4.73. The summed E-state index contributed by atoms with van der Waals surface area (Å²) in [5, 5.41) is 13.9. The molecule has 7 nitrogen and oxygen atoms in total. The third-order valence-corrected chi connectivity index (χ3v) is 6.55. The maximum Gasteiger partial charge on any atom is 0.259 e. The lowest BCUT2D eigenvalue weighted by Gasteiger charge is -2.31. The van der Waals surface area contributed by atoms with E-state index in [4.69, 9.17) is 10.1 Å². The number of aromatic amines is 1. The molecule has 1 fully saturated rings. The molecule has 1 saturated heterocycles. The summed E-state index contributed by atoms with van der Waals surface area (Å²) in [5.74, 6) is 1.05. The molecule has 0 unspecified atom stereocenters. The molecule has 7 heteroatoms. The van der Waals surface area contributed by atoms with E-state index >= 15 is 0 Å². The van der Waals surface area contributed by atoms with Crippen molar-refractivity contribution in [2.24, 2.45) is 0 Å². The molecule has 3 N–H and O–H groups in total. The van der Waals surface area contributed by atoms with Crippen LogP contribution in [0.1, 0.15) is 30.0 Å². The van der Waals surface area contributed by atoms with Crippen LogP contribution in [0.15, 0.2) is 65.6 Å². The molecule has 0 atom stereocenters. The molecule has 34 heavy (non-hydrogen) atoms. The molecule has 1 aliphatic rings. The van der Waals surface area contributed by atoms with Crippen LogP contribution in [0.4, 0.5) is 11.5 Å². The molecule has 3 aromatic heterocycles. The maximum atomic E-state index is 12.7. The lowest BCUT2D eigenvalue weighted by molar-refractivity contribution is 0.164. The van der Waals surface area contributed by atoms with Crippen LogP contribution in [0.2, 0.25) is 0 Å². The molecular weight excluding hydrogens is 426 g/mol. The molecule has 4 aromatic rings. The van der Waals surface area contributed by atoms with Gasteiger partial charge < -0.3 is 20.3 Å². The van der Waals surface area contributed by atoms with Gasteiger partial charge in [0.25, 0.3) is 5.56 Å². The van der Waals surface area contributed by atoms with Crippen molar-refractivity contribution >= 4 is 22.3 Å². The smallest absolute Gasteiger partial charge is 0.259 e. The summed E-state index contributed by atoms with van der Waals surface area (Å²) in [5.41, 5.74) is 4.43. The predicted octanol–water partition coefficient (Wildman–Crippen LogP) is 4.21. The van der Waals surface area contributed by atoms with Gasteiger partial charge in [-0.15, -0.1) is 0 Å². The van der Waals surface area contributed by atoms with Crippen molar-refractivity contribution in [3.05, 3.63) is 82.4 Å². The number of nitrogens with one attached hydrogen (secondary N) is 2. The first-order valence-electron chi connectivity index (χ1n) is 11.8. The summed E-state index contributed by atoms with van der Waals surface area (Å²) >= 11 is 0. The number of fused-ring (bicyclic) bond motifs is 1. The molecule has 0 spiro atoms. The third-order valence-electron chi connectivity index (χ3n) is 6.55. The Balaban J connectivity index is 1.43. The maximum absolute atomic E-state index is 12.7. The normalized spacial score (nSPS) is 15.0. The number of aliphatic hydroxyl groups is 1. The number of rotatable bonds is 6. The van der Waals surface area contributed by atoms with Gasteiger partial charge in [0.2, 0.25) is 0 Å². The Bertz CT molecular complexity index is 1340. The van der Waals surface area contributed by atoms with Crippen LogP contribution in [0.5, 0.6) is 0 Å². The van der Waals surface area contributed by atoms with Crippen molar-refractivity contribution < 1.29 is 5.11 Å². The largest absolute Gasteiger partial charge is 0.395 e. The number of aromatic nitrogens is 3. The highest BCUT2D eigenvalue weighted by Crippen LogP contribution is 2.31. The topological polar surface area (TPSA) is 94.1 Å². The standard InChI is InChI=1S/C27H29N5O2/c1-18-3-2-4-23(29-18)24-17-21-9-12-28-27(34)25(21)26(31-24)30-22-7-5-19(6-8-22)20-10-13-32(14-11-20)15-16-33/h2-9,12,17,20,33H,10-11,13-16H2,1H3,(H,28,34)(H,30,31). The zero-order valence-corrected chi connectivity index (χ0v) is 19.3. The summed E-state index contributed by atoms with van der Waals surface area (Å²) in [7, 11) is 0. The number of aryl methyl sites for hydroxylation is 1. The Morgan fingerprint density at radius 1 is 1.06 bits per heavy atom. The number of hydrogen-bond donors (Lipinski definition) is 3. The van der Waals surface area contributed by atoms with Gasteiger partial charge in [-0.1, -0.05) is 18.2 Å². The van der Waals surface area contributed by atoms with Crippen LogP contribution in [0, 0.1) is 6.92 Å². The quantitative estimate of drug-likeness (QED) is 0.403. The van der Waals surface area contributed by atoms with Gasteiger partial charge in [0.05, 0.1) is 23.4 Å². The number of β-amino-alcohol motifs (C(OH)–C–C–N with tert-alkyl or cyclic N) is 1. The predicted molar refractivity (Wildman–Crippen MR) is 136 cm³/mol. The van der Waals surface area contributed by atoms with E-state index in [0.717, 1.165) is 60.6 Å². The lowest BCUT2D eigenvalue weighted by Crippen LogP contribution is -2.34. The molecular formula is C27H29N5O2. The molecule has 4 heterocycles. The zero-order chi connectivity index (χ0) is 23.5. The number of piperidine rings is 1. The van der Waals surface area contributed by atoms with Crippen molar-refractivity contribution in [1.82, 2.24) is 19.9 Å². The van der Waals surface area contributed by atoms with Gasteiger partial charge in [-0.3, -0.25) is 9.78 Å². The van der Waals surface area contributed by atoms with Crippen LogP contribution in [0.3, 0.4) is 0 Å². The average Bonchev–Trinajstić information content (AvgIpc) is 2.85. The number of hydrogen-bond acceptors (Lipinski definition) is 6. The number of benzene rings is 1. The van der Waals surface area contributed by atoms with Gasteiger partial charge in [0.15, 0.2) is 0 Å². The Morgan fingerprint density at radius 3 is 2.59 bits per heavy atom. The Kier molecular flexibility index (Phi) is 6.38. The Morgan fingerprint density at radius 2 is 1.85 bits per heavy atom. The van der Waals surface area contributed by atoms with Gasteiger partial charge in [0.1, 0.15) is 5.82 Å². The summed E-state index contributed by atoms with van der Waals surface area (Å²) < 4.78 is 0. The molecule has 0 radical (unpaired) electrons. The van der Waals surface area contributed by atoms with E-state index in [9.17, 15) is 4.79 Å². The molecule has 1 aromatic carbocycles. The fraction of sp³-hybridized carbons (Fsp3) is 0.296. The van der Waals surface area contributed by atoms with Crippen molar-refractivity contribution in [2.45, 2.75) is 25.7 Å². The Labute approximate surface area is 198 Å². The summed E-state index contributed by atoms with van der Waals surface area (Å²) in [4.78, 5) is 27.1. The monoisotopic (exact) mass is 455 g/mol. The molecule has 174 valence electrons. The summed E-state index contributed by atoms with van der Waals surface area (Å²) in [6.07, 6.45) is 3.85. The highest BCUT2D eigenvalue weighted by Gasteiger charge is 2.20. The van der Waals surface area contributed by atoms with E-state index in [2.05, 4.69) is 44.5 Å². The molecule has 0 saturated carbocycles. The number of likely N-dealkylation sites (tertiary alicyclic amines) is 1. The Hall–Kier alpha value is -3.55. The molecule has 0 amide bonds. The number of pyridine rings is 3. The number of aliphatic hydroxyl groups excluding tert-OH is 1. The second kappa shape index (κ2) is 9.75. The fourth-order valence-electron chi connectivity index (χ4n) is 4.73. The zero-order valence-electron chi connectivity index (χ0n) is 19.3. The number of anilines is 2. The second-order valence-electron chi connectivity index (χ2n) is 8.88. The number of nitrogens with zero attached hydrogens (tertiary/aromatic N) is 3. The van der Waals surface area contributed by atoms with Gasteiger partial charge in [-0.25, -0.2) is 4.98 Å². The van der Waals surface area contributed by atoms with E-state index in [1.54, 1.807) is 6.20 Å². The van der Waals surface area contributed by atoms with E-state index in [0.29, 0.717) is 17.1 Å². The van der Waals surface area contributed by atoms with Crippen LogP contribution < -0.4 is 10.9 Å². The first-order chi connectivity index (χ1) is 16.6. The van der Waals surface area contributed by atoms with E-state index < -0.39 is 0 Å². The number of H-pyrrole nitrogens is 1. The van der Waals surface area contributed by atoms with Gasteiger partial charge in [-0.05, 0) is 86.1 Å². The van der Waals surface area contributed by atoms with Crippen LogP contribution in [-0.4, -0.2) is 51.2 Å². The minimum Gasteiger partial charge on any atom is -0.395 e. The van der Waals surface area contributed by atoms with Gasteiger partial charge >= 0.3 is 0 Å². The lowest BCUT2D eigenvalue weighted by atomic mass is 9.89. The van der Waals surface area contributed by atoms with E-state index in [-0.39, 0.29) is 12.2 Å². The van der Waals surface area contributed by atoms with Crippen molar-refractivity contribution in [3.8, 4) is 11.4 Å². The van der Waals surface area contributed by atoms with Crippen molar-refractivity contribution in [2.75, 3.05) is 31.6 Å². The first-order valence-corrected chi connectivity index (χ1v) is 11.8. The van der Waals surface area contributed by atoms with Crippen LogP contribution >= 0.6 is 0 Å². The first kappa shape index (κ1) is 22.3. The minimum absolute atomic E-state index is 0.178. The molecule has 1 aliphatic heterocycles. The summed E-state index contributed by atoms with van der Waals surface area (Å²) in [6, 6.07) is 18.1. The van der Waals surface area contributed by atoms with Crippen molar-refractivity contribution in [3.63, 3.8) is 0 Å². The molecule has 5 rings (SSSR count). The van der Waals surface area contributed by atoms with Crippen LogP contribution in [0.25, 0.3) is 22.2 Å².